The molecule has 0 aliphatic carbocycles. The molecule has 16 heavy (non-hydrogen) atoms. The molecule has 2 aliphatic heterocycles. The molecule has 2 fully saturated rings. The SMILES string of the molecule is C1CCCN(CCSC2CCNCC2)CC1. The number of hydrogen-bond donors (Lipinski definition) is 1. The van der Waals surface area contributed by atoms with Crippen LogP contribution in [-0.4, -0.2) is 48.6 Å². The Bertz CT molecular complexity index is 173. The highest BCUT2D eigenvalue weighted by atomic mass is 32.2. The zero-order valence-corrected chi connectivity index (χ0v) is 11.2. The molecule has 2 nitrogen and oxygen atoms in total. The number of hydrogen-bond acceptors (Lipinski definition) is 3. The number of piperidine rings is 1. The summed E-state index contributed by atoms with van der Waals surface area (Å²) in [6.07, 6.45) is 8.53. The molecule has 1 N–H and O–H groups in total. The Labute approximate surface area is 105 Å². The first kappa shape index (κ1) is 12.7. The van der Waals surface area contributed by atoms with Gasteiger partial charge in [-0.05, 0) is 51.9 Å². The molecule has 2 rings (SSSR count). The summed E-state index contributed by atoms with van der Waals surface area (Å²) in [7, 11) is 0. The van der Waals surface area contributed by atoms with E-state index in [-0.39, 0.29) is 0 Å². The third kappa shape index (κ3) is 4.64. The summed E-state index contributed by atoms with van der Waals surface area (Å²) >= 11 is 2.22. The van der Waals surface area contributed by atoms with Crippen molar-refractivity contribution in [1.82, 2.24) is 10.2 Å². The highest BCUT2D eigenvalue weighted by Crippen LogP contribution is 2.20. The Hall–Kier alpha value is 0.270. The average molecular weight is 242 g/mol. The summed E-state index contributed by atoms with van der Waals surface area (Å²) in [5.74, 6) is 1.35. The number of nitrogens with zero attached hydrogens (tertiary/aromatic N) is 1. The van der Waals surface area contributed by atoms with E-state index in [1.54, 1.807) is 0 Å². The topological polar surface area (TPSA) is 15.3 Å². The first-order valence-corrected chi connectivity index (χ1v) is 8.05. The highest BCUT2D eigenvalue weighted by molar-refractivity contribution is 7.99. The molecule has 3 heteroatoms. The lowest BCUT2D eigenvalue weighted by molar-refractivity contribution is 0.303. The molecule has 0 aromatic heterocycles. The highest BCUT2D eigenvalue weighted by Gasteiger charge is 2.14. The maximum atomic E-state index is 3.44. The average Bonchev–Trinajstić information content (AvgIpc) is 2.59. The van der Waals surface area contributed by atoms with Crippen molar-refractivity contribution in [1.29, 1.82) is 0 Å². The number of thioether (sulfide) groups is 1. The van der Waals surface area contributed by atoms with Crippen molar-refractivity contribution in [2.24, 2.45) is 0 Å². The largest absolute Gasteiger partial charge is 0.317 e. The molecular formula is C13H26N2S. The fourth-order valence-electron chi connectivity index (χ4n) is 2.67. The molecule has 0 radical (unpaired) electrons. The van der Waals surface area contributed by atoms with Crippen LogP contribution in [0.4, 0.5) is 0 Å². The maximum absolute atomic E-state index is 3.44. The van der Waals surface area contributed by atoms with Gasteiger partial charge >= 0.3 is 0 Å². The molecule has 2 aliphatic rings. The van der Waals surface area contributed by atoms with Crippen LogP contribution in [0.3, 0.4) is 0 Å². The summed E-state index contributed by atoms with van der Waals surface area (Å²) in [5, 5.41) is 4.38. The van der Waals surface area contributed by atoms with E-state index >= 15 is 0 Å². The Morgan fingerprint density at radius 1 is 1.00 bits per heavy atom. The van der Waals surface area contributed by atoms with Gasteiger partial charge < -0.3 is 10.2 Å². The predicted octanol–water partition coefficient (Wildman–Crippen LogP) is 2.35. The van der Waals surface area contributed by atoms with Crippen LogP contribution in [0, 0.1) is 0 Å². The summed E-state index contributed by atoms with van der Waals surface area (Å²) in [5.41, 5.74) is 0. The van der Waals surface area contributed by atoms with Crippen molar-refractivity contribution >= 4 is 11.8 Å². The third-order valence-corrected chi connectivity index (χ3v) is 5.11. The molecule has 2 heterocycles. The Morgan fingerprint density at radius 2 is 1.69 bits per heavy atom. The minimum atomic E-state index is 0.938. The van der Waals surface area contributed by atoms with E-state index in [4.69, 9.17) is 0 Å². The third-order valence-electron chi connectivity index (χ3n) is 3.75. The van der Waals surface area contributed by atoms with Crippen LogP contribution >= 0.6 is 11.8 Å². The van der Waals surface area contributed by atoms with Gasteiger partial charge in [0.25, 0.3) is 0 Å². The zero-order chi connectivity index (χ0) is 11.1. The van der Waals surface area contributed by atoms with Gasteiger partial charge in [0.05, 0.1) is 0 Å². The predicted molar refractivity (Wildman–Crippen MR) is 73.3 cm³/mol. The molecule has 0 saturated carbocycles. The molecule has 0 unspecified atom stereocenters. The van der Waals surface area contributed by atoms with Gasteiger partial charge in [-0.1, -0.05) is 12.8 Å². The Morgan fingerprint density at radius 3 is 2.38 bits per heavy atom. The van der Waals surface area contributed by atoms with E-state index in [1.165, 1.54) is 77.0 Å². The van der Waals surface area contributed by atoms with Crippen LogP contribution in [0.2, 0.25) is 0 Å². The van der Waals surface area contributed by atoms with Crippen LogP contribution < -0.4 is 5.32 Å². The van der Waals surface area contributed by atoms with Gasteiger partial charge in [0, 0.05) is 17.5 Å². The summed E-state index contributed by atoms with van der Waals surface area (Å²) in [6, 6.07) is 0. The fraction of sp³-hybridized carbons (Fsp3) is 1.00. The lowest BCUT2D eigenvalue weighted by Gasteiger charge is -2.24. The van der Waals surface area contributed by atoms with Crippen molar-refractivity contribution in [2.45, 2.75) is 43.8 Å². The summed E-state index contributed by atoms with van der Waals surface area (Å²) < 4.78 is 0. The number of nitrogens with one attached hydrogen (secondary N) is 1. The van der Waals surface area contributed by atoms with E-state index in [0.717, 1.165) is 5.25 Å². The van der Waals surface area contributed by atoms with Crippen LogP contribution in [0.5, 0.6) is 0 Å². The van der Waals surface area contributed by atoms with E-state index in [0.29, 0.717) is 0 Å². The second kappa shape index (κ2) is 7.57. The minimum absolute atomic E-state index is 0.938. The van der Waals surface area contributed by atoms with Gasteiger partial charge in [0.2, 0.25) is 0 Å². The normalized spacial score (nSPS) is 25.5. The molecule has 0 aromatic carbocycles. The fourth-order valence-corrected chi connectivity index (χ4v) is 3.94. The molecule has 0 aromatic rings. The molecule has 94 valence electrons. The number of rotatable bonds is 4. The standard InChI is InChI=1S/C13H26N2S/c1-2-4-10-15(9-3-1)11-12-16-13-5-7-14-8-6-13/h13-14H,1-12H2. The first-order valence-electron chi connectivity index (χ1n) is 7.00. The van der Waals surface area contributed by atoms with Crippen LogP contribution in [-0.2, 0) is 0 Å². The van der Waals surface area contributed by atoms with Gasteiger partial charge in [-0.2, -0.15) is 11.8 Å². The lowest BCUT2D eigenvalue weighted by Crippen LogP contribution is -2.31. The van der Waals surface area contributed by atoms with E-state index in [2.05, 4.69) is 22.0 Å². The molecule has 2 saturated heterocycles. The smallest absolute Gasteiger partial charge is 0.00724 e. The minimum Gasteiger partial charge on any atom is -0.317 e. The molecule has 0 amide bonds. The zero-order valence-electron chi connectivity index (χ0n) is 10.4. The summed E-state index contributed by atoms with van der Waals surface area (Å²) in [4.78, 5) is 2.68. The van der Waals surface area contributed by atoms with Gasteiger partial charge in [0.15, 0.2) is 0 Å². The molecule has 0 atom stereocenters. The van der Waals surface area contributed by atoms with E-state index < -0.39 is 0 Å². The second-order valence-corrected chi connectivity index (χ2v) is 6.48. The van der Waals surface area contributed by atoms with Crippen LogP contribution in [0.25, 0.3) is 0 Å². The quantitative estimate of drug-likeness (QED) is 0.815. The maximum Gasteiger partial charge on any atom is 0.00724 e. The molecule has 0 bridgehead atoms. The van der Waals surface area contributed by atoms with Crippen molar-refractivity contribution in [3.8, 4) is 0 Å². The van der Waals surface area contributed by atoms with Crippen molar-refractivity contribution in [2.75, 3.05) is 38.5 Å². The van der Waals surface area contributed by atoms with Gasteiger partial charge in [-0.15, -0.1) is 0 Å². The van der Waals surface area contributed by atoms with Crippen LogP contribution in [0.15, 0.2) is 0 Å². The van der Waals surface area contributed by atoms with Gasteiger partial charge in [0.1, 0.15) is 0 Å². The number of likely N-dealkylation sites (tertiary alicyclic amines) is 1. The molecule has 0 spiro atoms. The monoisotopic (exact) mass is 242 g/mol. The van der Waals surface area contributed by atoms with Crippen molar-refractivity contribution < 1.29 is 0 Å². The Balaban J connectivity index is 1.55. The van der Waals surface area contributed by atoms with E-state index in [1.807, 2.05) is 0 Å². The lowest BCUT2D eigenvalue weighted by atomic mass is 10.2. The summed E-state index contributed by atoms with van der Waals surface area (Å²) in [6.45, 7) is 6.51. The van der Waals surface area contributed by atoms with Crippen LogP contribution in [0.1, 0.15) is 38.5 Å². The van der Waals surface area contributed by atoms with E-state index in [9.17, 15) is 0 Å². The molecular weight excluding hydrogens is 216 g/mol. The second-order valence-electron chi connectivity index (χ2n) is 5.08. The van der Waals surface area contributed by atoms with Crippen molar-refractivity contribution in [3.63, 3.8) is 0 Å². The van der Waals surface area contributed by atoms with Crippen molar-refractivity contribution in [3.05, 3.63) is 0 Å². The first-order chi connectivity index (χ1) is 7.95. The van der Waals surface area contributed by atoms with Gasteiger partial charge in [-0.3, -0.25) is 0 Å². The van der Waals surface area contributed by atoms with Gasteiger partial charge in [-0.25, -0.2) is 0 Å². The Kier molecular flexibility index (Phi) is 6.02.